The Labute approximate surface area is 79.2 Å². The third-order valence-electron chi connectivity index (χ3n) is 2.03. The van der Waals surface area contributed by atoms with E-state index >= 15 is 0 Å². The SMILES string of the molecule is C=[C](c1ccccc1)[Sn]([CH3])([CH3])[CH3]. The molecule has 0 spiro atoms. The summed E-state index contributed by atoms with van der Waals surface area (Å²) in [5.74, 6) is 0. The van der Waals surface area contributed by atoms with Crippen molar-refractivity contribution in [1.29, 1.82) is 0 Å². The van der Waals surface area contributed by atoms with Crippen LogP contribution in [0, 0.1) is 0 Å². The molecule has 64 valence electrons. The molecular weight excluding hydrogens is 251 g/mol. The average molecular weight is 267 g/mol. The first-order valence-corrected chi connectivity index (χ1v) is 14.3. The maximum absolute atomic E-state index is 4.19. The Morgan fingerprint density at radius 1 is 1.08 bits per heavy atom. The van der Waals surface area contributed by atoms with E-state index in [1.807, 2.05) is 0 Å². The number of rotatable bonds is 2. The summed E-state index contributed by atoms with van der Waals surface area (Å²) in [5.41, 5.74) is 1.33. The molecule has 0 aliphatic heterocycles. The summed E-state index contributed by atoms with van der Waals surface area (Å²) in [4.78, 5) is 7.18. The van der Waals surface area contributed by atoms with E-state index in [0.29, 0.717) is 0 Å². The van der Waals surface area contributed by atoms with Gasteiger partial charge in [0.2, 0.25) is 0 Å². The summed E-state index contributed by atoms with van der Waals surface area (Å²) >= 11 is -1.89. The molecule has 0 amide bonds. The minimum atomic E-state index is -1.89. The zero-order valence-electron chi connectivity index (χ0n) is 8.09. The second kappa shape index (κ2) is 3.65. The van der Waals surface area contributed by atoms with Gasteiger partial charge in [-0.2, -0.15) is 0 Å². The van der Waals surface area contributed by atoms with Crippen LogP contribution >= 0.6 is 0 Å². The van der Waals surface area contributed by atoms with E-state index in [1.165, 1.54) is 9.15 Å². The molecule has 0 nitrogen and oxygen atoms in total. The van der Waals surface area contributed by atoms with E-state index in [-0.39, 0.29) is 0 Å². The van der Waals surface area contributed by atoms with Crippen LogP contribution in [0.25, 0.3) is 3.59 Å². The summed E-state index contributed by atoms with van der Waals surface area (Å²) < 4.78 is 1.41. The van der Waals surface area contributed by atoms with Crippen molar-refractivity contribution < 1.29 is 0 Å². The molecule has 0 aromatic heterocycles. The van der Waals surface area contributed by atoms with Crippen molar-refractivity contribution in [1.82, 2.24) is 0 Å². The van der Waals surface area contributed by atoms with Gasteiger partial charge in [0, 0.05) is 0 Å². The van der Waals surface area contributed by atoms with Crippen molar-refractivity contribution in [2.24, 2.45) is 0 Å². The Balaban J connectivity index is 2.94. The van der Waals surface area contributed by atoms with Crippen LogP contribution in [0.1, 0.15) is 5.56 Å². The van der Waals surface area contributed by atoms with Gasteiger partial charge in [-0.05, 0) is 0 Å². The molecule has 1 aromatic carbocycles. The van der Waals surface area contributed by atoms with Crippen molar-refractivity contribution >= 4 is 22.0 Å². The maximum atomic E-state index is 4.19. The fraction of sp³-hybridized carbons (Fsp3) is 0.273. The molecular formula is C11H16Sn. The van der Waals surface area contributed by atoms with Crippen molar-refractivity contribution in [2.75, 3.05) is 0 Å². The molecule has 0 aliphatic rings. The van der Waals surface area contributed by atoms with Gasteiger partial charge in [-0.15, -0.1) is 0 Å². The summed E-state index contributed by atoms with van der Waals surface area (Å²) in [6, 6.07) is 10.5. The molecule has 0 N–H and O–H groups in total. The van der Waals surface area contributed by atoms with Gasteiger partial charge in [0.05, 0.1) is 0 Å². The molecule has 0 unspecified atom stereocenters. The molecule has 1 rings (SSSR count). The van der Waals surface area contributed by atoms with Gasteiger partial charge in [0.1, 0.15) is 0 Å². The molecule has 0 saturated carbocycles. The zero-order chi connectivity index (χ0) is 9.19. The van der Waals surface area contributed by atoms with Gasteiger partial charge >= 0.3 is 79.3 Å². The first-order valence-electron chi connectivity index (χ1n) is 4.26. The molecule has 0 radical (unpaired) electrons. The van der Waals surface area contributed by atoms with Crippen molar-refractivity contribution in [3.8, 4) is 0 Å². The fourth-order valence-electron chi connectivity index (χ4n) is 1.07. The summed E-state index contributed by atoms with van der Waals surface area (Å²) in [5, 5.41) is 0. The first kappa shape index (κ1) is 9.84. The Hall–Kier alpha value is -0.241. The van der Waals surface area contributed by atoms with Gasteiger partial charge < -0.3 is 0 Å². The zero-order valence-corrected chi connectivity index (χ0v) is 10.9. The van der Waals surface area contributed by atoms with Crippen LogP contribution < -0.4 is 0 Å². The van der Waals surface area contributed by atoms with Gasteiger partial charge in [-0.25, -0.2) is 0 Å². The molecule has 1 aromatic rings. The van der Waals surface area contributed by atoms with E-state index in [1.54, 1.807) is 0 Å². The molecule has 0 aliphatic carbocycles. The Kier molecular flexibility index (Phi) is 2.99. The molecule has 1 heteroatoms. The second-order valence-electron chi connectivity index (χ2n) is 4.09. The van der Waals surface area contributed by atoms with Crippen LogP contribution in [-0.4, -0.2) is 18.4 Å². The Bertz CT molecular complexity index is 267. The van der Waals surface area contributed by atoms with E-state index in [2.05, 4.69) is 51.7 Å². The monoisotopic (exact) mass is 268 g/mol. The molecule has 0 bridgehead atoms. The third kappa shape index (κ3) is 2.37. The second-order valence-corrected chi connectivity index (χ2v) is 18.7. The fourth-order valence-corrected chi connectivity index (χ4v) is 4.02. The van der Waals surface area contributed by atoms with E-state index in [9.17, 15) is 0 Å². The van der Waals surface area contributed by atoms with Gasteiger partial charge in [0.15, 0.2) is 0 Å². The van der Waals surface area contributed by atoms with E-state index in [0.717, 1.165) is 0 Å². The topological polar surface area (TPSA) is 0 Å². The first-order chi connectivity index (χ1) is 5.52. The Morgan fingerprint density at radius 3 is 2.00 bits per heavy atom. The van der Waals surface area contributed by atoms with E-state index < -0.39 is 18.4 Å². The summed E-state index contributed by atoms with van der Waals surface area (Å²) in [6.45, 7) is 4.19. The van der Waals surface area contributed by atoms with Gasteiger partial charge in [-0.3, -0.25) is 0 Å². The van der Waals surface area contributed by atoms with Crippen LogP contribution in [0.2, 0.25) is 14.8 Å². The number of benzene rings is 1. The normalized spacial score (nSPS) is 11.2. The van der Waals surface area contributed by atoms with Crippen LogP contribution in [0.5, 0.6) is 0 Å². The van der Waals surface area contributed by atoms with Crippen LogP contribution in [0.3, 0.4) is 0 Å². The number of hydrogen-bond donors (Lipinski definition) is 0. The predicted molar refractivity (Wildman–Crippen MR) is 58.8 cm³/mol. The third-order valence-corrected chi connectivity index (χ3v) is 8.02. The average Bonchev–Trinajstić information content (AvgIpc) is 2.03. The van der Waals surface area contributed by atoms with Crippen molar-refractivity contribution in [3.63, 3.8) is 0 Å². The summed E-state index contributed by atoms with van der Waals surface area (Å²) in [6.07, 6.45) is 0. The molecule has 0 fully saturated rings. The van der Waals surface area contributed by atoms with Crippen molar-refractivity contribution in [2.45, 2.75) is 14.8 Å². The van der Waals surface area contributed by atoms with Crippen LogP contribution in [0.4, 0.5) is 0 Å². The minimum absolute atomic E-state index is 1.33. The predicted octanol–water partition coefficient (Wildman–Crippen LogP) is 3.58. The Morgan fingerprint density at radius 2 is 1.58 bits per heavy atom. The van der Waals surface area contributed by atoms with E-state index in [4.69, 9.17) is 0 Å². The quantitative estimate of drug-likeness (QED) is 0.718. The van der Waals surface area contributed by atoms with Gasteiger partial charge in [0.25, 0.3) is 0 Å². The van der Waals surface area contributed by atoms with Crippen LogP contribution in [-0.2, 0) is 0 Å². The van der Waals surface area contributed by atoms with Crippen molar-refractivity contribution in [3.05, 3.63) is 42.5 Å². The molecule has 0 atom stereocenters. The van der Waals surface area contributed by atoms with Crippen LogP contribution in [0.15, 0.2) is 36.9 Å². The molecule has 12 heavy (non-hydrogen) atoms. The summed E-state index contributed by atoms with van der Waals surface area (Å²) in [7, 11) is 0. The number of hydrogen-bond acceptors (Lipinski definition) is 0. The van der Waals surface area contributed by atoms with Gasteiger partial charge in [-0.1, -0.05) is 0 Å². The molecule has 0 saturated heterocycles. The standard InChI is InChI=1S/C8H7.3CH3.Sn/c1-2-8-6-4-3-5-7-8;;;;/h3-7H,1H2;3*1H3;. The molecule has 0 heterocycles.